The molecular weight excluding hydrogens is 296 g/mol. The first-order valence-corrected chi connectivity index (χ1v) is 7.83. The Morgan fingerprint density at radius 2 is 1.83 bits per heavy atom. The summed E-state index contributed by atoms with van der Waals surface area (Å²) < 4.78 is 10.0. The highest BCUT2D eigenvalue weighted by Crippen LogP contribution is 2.38. The number of hydrogen-bond acceptors (Lipinski definition) is 4. The Morgan fingerprint density at radius 3 is 2.48 bits per heavy atom. The lowest BCUT2D eigenvalue weighted by atomic mass is 10.1. The Bertz CT molecular complexity index is 547. The Hall–Kier alpha value is -2.08. The average molecular weight is 320 g/mol. The second kappa shape index (κ2) is 8.53. The molecule has 2 unspecified atom stereocenters. The molecule has 0 heterocycles. The van der Waals surface area contributed by atoms with Crippen LogP contribution in [0.3, 0.4) is 0 Å². The first kappa shape index (κ1) is 17.3. The molecule has 23 heavy (non-hydrogen) atoms. The summed E-state index contributed by atoms with van der Waals surface area (Å²) in [6.07, 6.45) is 1.37. The van der Waals surface area contributed by atoms with Crippen LogP contribution >= 0.6 is 0 Å². The van der Waals surface area contributed by atoms with E-state index in [0.717, 1.165) is 17.7 Å². The van der Waals surface area contributed by atoms with Crippen LogP contribution in [0.1, 0.15) is 12.0 Å². The maximum atomic E-state index is 12.0. The van der Waals surface area contributed by atoms with Gasteiger partial charge in [0, 0.05) is 20.2 Å². The Labute approximate surface area is 136 Å². The number of nitrogens with one attached hydrogen (secondary N) is 2. The minimum Gasteiger partial charge on any atom is -0.497 e. The molecule has 1 aromatic rings. The predicted molar refractivity (Wildman–Crippen MR) is 86.2 cm³/mol. The van der Waals surface area contributed by atoms with Crippen LogP contribution in [0, 0.1) is 11.8 Å². The van der Waals surface area contributed by atoms with Crippen molar-refractivity contribution in [3.05, 3.63) is 29.8 Å². The van der Waals surface area contributed by atoms with Gasteiger partial charge in [-0.1, -0.05) is 12.1 Å². The fourth-order valence-corrected chi connectivity index (χ4v) is 2.47. The summed E-state index contributed by atoms with van der Waals surface area (Å²) in [5.74, 6) is 0.324. The lowest BCUT2D eigenvalue weighted by Crippen LogP contribution is -2.32. The van der Waals surface area contributed by atoms with Crippen LogP contribution in [0.2, 0.25) is 0 Å². The van der Waals surface area contributed by atoms with Crippen molar-refractivity contribution in [3.63, 3.8) is 0 Å². The first-order valence-electron chi connectivity index (χ1n) is 7.83. The molecule has 1 aliphatic carbocycles. The third kappa shape index (κ3) is 5.25. The topological polar surface area (TPSA) is 76.7 Å². The molecule has 2 N–H and O–H groups in total. The number of benzene rings is 1. The summed E-state index contributed by atoms with van der Waals surface area (Å²) in [6.45, 7) is 1.52. The van der Waals surface area contributed by atoms with Gasteiger partial charge in [-0.15, -0.1) is 0 Å². The molecule has 0 radical (unpaired) electrons. The molecule has 1 aromatic carbocycles. The lowest BCUT2D eigenvalue weighted by molar-refractivity contribution is -0.127. The van der Waals surface area contributed by atoms with Gasteiger partial charge in [-0.25, -0.2) is 0 Å². The molecule has 0 aliphatic heterocycles. The highest BCUT2D eigenvalue weighted by Gasteiger charge is 2.47. The summed E-state index contributed by atoms with van der Waals surface area (Å²) in [4.78, 5) is 23.8. The lowest BCUT2D eigenvalue weighted by Gasteiger charge is -2.07. The van der Waals surface area contributed by atoms with E-state index in [1.165, 1.54) is 0 Å². The van der Waals surface area contributed by atoms with Gasteiger partial charge in [0.1, 0.15) is 5.75 Å². The van der Waals surface area contributed by atoms with Crippen molar-refractivity contribution >= 4 is 11.8 Å². The predicted octanol–water partition coefficient (Wildman–Crippen LogP) is 0.753. The molecule has 0 spiro atoms. The zero-order valence-corrected chi connectivity index (χ0v) is 13.6. The fraction of sp³-hybridized carbons (Fsp3) is 0.529. The van der Waals surface area contributed by atoms with E-state index in [4.69, 9.17) is 9.47 Å². The summed E-state index contributed by atoms with van der Waals surface area (Å²) in [5.41, 5.74) is 1.11. The van der Waals surface area contributed by atoms with Gasteiger partial charge in [0.15, 0.2) is 0 Å². The van der Waals surface area contributed by atoms with E-state index in [2.05, 4.69) is 10.6 Å². The normalized spacial score (nSPS) is 19.0. The molecule has 0 bridgehead atoms. The van der Waals surface area contributed by atoms with Gasteiger partial charge in [-0.3, -0.25) is 9.59 Å². The van der Waals surface area contributed by atoms with Crippen LogP contribution in [0.15, 0.2) is 24.3 Å². The number of rotatable bonds is 9. The second-order valence-corrected chi connectivity index (χ2v) is 5.63. The van der Waals surface area contributed by atoms with Crippen LogP contribution in [0.5, 0.6) is 5.75 Å². The van der Waals surface area contributed by atoms with E-state index in [1.807, 2.05) is 24.3 Å². The number of methoxy groups -OCH3 is 2. The molecule has 0 aromatic heterocycles. The van der Waals surface area contributed by atoms with Crippen molar-refractivity contribution in [2.24, 2.45) is 11.8 Å². The number of hydrogen-bond donors (Lipinski definition) is 2. The van der Waals surface area contributed by atoms with Crippen molar-refractivity contribution < 1.29 is 19.1 Å². The molecule has 6 heteroatoms. The van der Waals surface area contributed by atoms with Gasteiger partial charge in [0.2, 0.25) is 11.8 Å². The standard InChI is InChI=1S/C17H24N2O4/c1-22-9-8-19-17(21)15-11-14(15)16(20)18-7-6-12-4-3-5-13(10-12)23-2/h3-5,10,14-15H,6-9,11H2,1-2H3,(H,18,20)(H,19,21). The third-order valence-corrected chi connectivity index (χ3v) is 3.92. The highest BCUT2D eigenvalue weighted by molar-refractivity contribution is 5.92. The SMILES string of the molecule is COCCNC(=O)C1CC1C(=O)NCCc1cccc(OC)c1. The van der Waals surface area contributed by atoms with E-state index in [1.54, 1.807) is 14.2 Å². The van der Waals surface area contributed by atoms with Crippen LogP contribution in [0.25, 0.3) is 0 Å². The first-order chi connectivity index (χ1) is 11.2. The zero-order valence-electron chi connectivity index (χ0n) is 13.6. The number of carbonyl (C=O) groups is 2. The van der Waals surface area contributed by atoms with Crippen molar-refractivity contribution in [2.45, 2.75) is 12.8 Å². The Balaban J connectivity index is 1.67. The molecule has 0 saturated heterocycles. The molecule has 1 saturated carbocycles. The van der Waals surface area contributed by atoms with Crippen LogP contribution in [-0.2, 0) is 20.7 Å². The van der Waals surface area contributed by atoms with Crippen molar-refractivity contribution in [1.82, 2.24) is 10.6 Å². The maximum Gasteiger partial charge on any atom is 0.224 e. The van der Waals surface area contributed by atoms with E-state index in [-0.39, 0.29) is 23.7 Å². The molecule has 1 fully saturated rings. The van der Waals surface area contributed by atoms with Crippen molar-refractivity contribution in [3.8, 4) is 5.75 Å². The molecule has 2 atom stereocenters. The highest BCUT2D eigenvalue weighted by atomic mass is 16.5. The van der Waals surface area contributed by atoms with Gasteiger partial charge in [-0.2, -0.15) is 0 Å². The van der Waals surface area contributed by atoms with E-state index >= 15 is 0 Å². The van der Waals surface area contributed by atoms with Crippen LogP contribution in [0.4, 0.5) is 0 Å². The fourth-order valence-electron chi connectivity index (χ4n) is 2.47. The largest absolute Gasteiger partial charge is 0.497 e. The number of amides is 2. The van der Waals surface area contributed by atoms with E-state index in [9.17, 15) is 9.59 Å². The summed E-state index contributed by atoms with van der Waals surface area (Å²) in [5, 5.41) is 5.67. The third-order valence-electron chi connectivity index (χ3n) is 3.92. The monoisotopic (exact) mass is 320 g/mol. The summed E-state index contributed by atoms with van der Waals surface area (Å²) >= 11 is 0. The molecule has 1 aliphatic rings. The summed E-state index contributed by atoms with van der Waals surface area (Å²) in [6, 6.07) is 7.77. The van der Waals surface area contributed by atoms with Gasteiger partial charge in [0.05, 0.1) is 25.6 Å². The minimum atomic E-state index is -0.192. The summed E-state index contributed by atoms with van der Waals surface area (Å²) in [7, 11) is 3.22. The zero-order chi connectivity index (χ0) is 16.7. The molecule has 2 amide bonds. The average Bonchev–Trinajstić information content (AvgIpc) is 3.36. The van der Waals surface area contributed by atoms with Crippen LogP contribution < -0.4 is 15.4 Å². The molecule has 2 rings (SSSR count). The van der Waals surface area contributed by atoms with Gasteiger partial charge < -0.3 is 20.1 Å². The quantitative estimate of drug-likeness (QED) is 0.659. The molecule has 6 nitrogen and oxygen atoms in total. The van der Waals surface area contributed by atoms with E-state index in [0.29, 0.717) is 26.1 Å². The Kier molecular flexibility index (Phi) is 6.40. The second-order valence-electron chi connectivity index (χ2n) is 5.63. The van der Waals surface area contributed by atoms with Gasteiger partial charge in [0.25, 0.3) is 0 Å². The molecular formula is C17H24N2O4. The maximum absolute atomic E-state index is 12.0. The smallest absolute Gasteiger partial charge is 0.224 e. The van der Waals surface area contributed by atoms with Crippen LogP contribution in [-0.4, -0.2) is 45.7 Å². The van der Waals surface area contributed by atoms with Gasteiger partial charge >= 0.3 is 0 Å². The molecule has 126 valence electrons. The van der Waals surface area contributed by atoms with E-state index < -0.39 is 0 Å². The van der Waals surface area contributed by atoms with Crippen molar-refractivity contribution in [2.75, 3.05) is 33.9 Å². The minimum absolute atomic E-state index is 0.0419. The van der Waals surface area contributed by atoms with Crippen molar-refractivity contribution in [1.29, 1.82) is 0 Å². The van der Waals surface area contributed by atoms with Gasteiger partial charge in [-0.05, 0) is 30.5 Å². The Morgan fingerprint density at radius 1 is 1.13 bits per heavy atom. The number of carbonyl (C=O) groups excluding carboxylic acids is 2. The number of ether oxygens (including phenoxy) is 2.